The van der Waals surface area contributed by atoms with E-state index in [9.17, 15) is 5.21 Å². The Morgan fingerprint density at radius 2 is 1.83 bits per heavy atom. The fraction of sp³-hybridized carbons (Fsp3) is 0.867. The van der Waals surface area contributed by atoms with E-state index in [2.05, 4.69) is 11.4 Å². The normalized spacial score (nSPS) is 28.4. The number of rotatable bonds is 3. The number of hydrogen-bond donors (Lipinski definition) is 1. The first-order valence-corrected chi connectivity index (χ1v) is 7.27. The number of nitrogens with one attached hydrogen (secondary N) is 1. The zero-order chi connectivity index (χ0) is 13.4. The smallest absolute Gasteiger partial charge is 0.0267 e. The first-order valence-electron chi connectivity index (χ1n) is 7.27. The molecule has 2 rings (SSSR count). The molecule has 0 amide bonds. The molecule has 1 aliphatic heterocycles. The summed E-state index contributed by atoms with van der Waals surface area (Å²) in [7, 11) is 0. The molecular weight excluding hydrogens is 224 g/mol. The Hall–Kier alpha value is -0.380. The van der Waals surface area contributed by atoms with E-state index in [1.165, 1.54) is 42.7 Å². The molecule has 0 bridgehead atoms. The second-order valence-electron chi connectivity index (χ2n) is 6.89. The predicted octanol–water partition coefficient (Wildman–Crippen LogP) is 3.21. The summed E-state index contributed by atoms with van der Waals surface area (Å²) in [6.45, 7) is 8.91. The first kappa shape index (κ1) is 14.0. The number of hydroxylamine groups is 2. The van der Waals surface area contributed by atoms with Crippen molar-refractivity contribution in [3.8, 4) is 0 Å². The van der Waals surface area contributed by atoms with Crippen LogP contribution in [0, 0.1) is 5.21 Å². The lowest BCUT2D eigenvalue weighted by Crippen LogP contribution is -2.47. The zero-order valence-corrected chi connectivity index (χ0v) is 12.3. The van der Waals surface area contributed by atoms with Crippen molar-refractivity contribution in [3.05, 3.63) is 16.9 Å². The largest absolute Gasteiger partial charge is 0.784 e. The molecule has 0 unspecified atom stereocenters. The van der Waals surface area contributed by atoms with Gasteiger partial charge in [-0.2, -0.15) is 0 Å². The fourth-order valence-electron chi connectivity index (χ4n) is 3.34. The van der Waals surface area contributed by atoms with E-state index in [1.807, 2.05) is 27.7 Å². The minimum Gasteiger partial charge on any atom is -0.784 e. The van der Waals surface area contributed by atoms with Crippen molar-refractivity contribution in [2.24, 2.45) is 0 Å². The van der Waals surface area contributed by atoms with Gasteiger partial charge in [0.2, 0.25) is 0 Å². The fourth-order valence-corrected chi connectivity index (χ4v) is 3.34. The Bertz CT molecular complexity index is 327. The topological polar surface area (TPSA) is 38.3 Å². The van der Waals surface area contributed by atoms with Crippen LogP contribution in [0.15, 0.2) is 11.6 Å². The summed E-state index contributed by atoms with van der Waals surface area (Å²) in [5, 5.41) is 17.1. The van der Waals surface area contributed by atoms with Gasteiger partial charge in [0.25, 0.3) is 0 Å². The third kappa shape index (κ3) is 2.63. The SMILES string of the molecule is CC1(C)C=C(CNC2CCCCC2)C(C)(C)N1[O-]. The molecule has 3 heteroatoms. The number of hydrogen-bond acceptors (Lipinski definition) is 3. The van der Waals surface area contributed by atoms with E-state index in [-0.39, 0.29) is 11.1 Å². The summed E-state index contributed by atoms with van der Waals surface area (Å²) in [6.07, 6.45) is 8.80. The van der Waals surface area contributed by atoms with Gasteiger partial charge in [0.1, 0.15) is 0 Å². The van der Waals surface area contributed by atoms with Gasteiger partial charge in [0.15, 0.2) is 0 Å². The van der Waals surface area contributed by atoms with E-state index in [4.69, 9.17) is 0 Å². The minimum atomic E-state index is -0.370. The maximum Gasteiger partial charge on any atom is 0.0267 e. The molecule has 1 heterocycles. The predicted molar refractivity (Wildman–Crippen MR) is 76.3 cm³/mol. The molecule has 0 saturated heterocycles. The van der Waals surface area contributed by atoms with Crippen molar-refractivity contribution < 1.29 is 0 Å². The van der Waals surface area contributed by atoms with Crippen LogP contribution in [0.25, 0.3) is 0 Å². The lowest BCUT2D eigenvalue weighted by molar-refractivity contribution is 0.157. The highest BCUT2D eigenvalue weighted by Crippen LogP contribution is 2.38. The summed E-state index contributed by atoms with van der Waals surface area (Å²) in [4.78, 5) is 0. The summed E-state index contributed by atoms with van der Waals surface area (Å²) in [6, 6.07) is 0.652. The summed E-state index contributed by atoms with van der Waals surface area (Å²) >= 11 is 0. The highest BCUT2D eigenvalue weighted by molar-refractivity contribution is 5.32. The molecule has 0 atom stereocenters. The molecule has 0 aromatic rings. The van der Waals surface area contributed by atoms with Gasteiger partial charge in [-0.3, -0.25) is 0 Å². The Labute approximate surface area is 111 Å². The van der Waals surface area contributed by atoms with Crippen LogP contribution < -0.4 is 5.32 Å². The molecule has 1 saturated carbocycles. The van der Waals surface area contributed by atoms with Gasteiger partial charge < -0.3 is 15.6 Å². The van der Waals surface area contributed by atoms with Gasteiger partial charge in [0, 0.05) is 23.7 Å². The second kappa shape index (κ2) is 4.95. The van der Waals surface area contributed by atoms with Crippen LogP contribution in [0.5, 0.6) is 0 Å². The second-order valence-corrected chi connectivity index (χ2v) is 6.89. The molecule has 1 aliphatic carbocycles. The van der Waals surface area contributed by atoms with Gasteiger partial charge >= 0.3 is 0 Å². The Balaban J connectivity index is 1.96. The van der Waals surface area contributed by atoms with Crippen molar-refractivity contribution in [1.29, 1.82) is 0 Å². The van der Waals surface area contributed by atoms with E-state index in [0.29, 0.717) is 6.04 Å². The highest BCUT2D eigenvalue weighted by Gasteiger charge is 2.39. The molecule has 0 aromatic carbocycles. The monoisotopic (exact) mass is 251 g/mol. The van der Waals surface area contributed by atoms with Crippen LogP contribution >= 0.6 is 0 Å². The van der Waals surface area contributed by atoms with Gasteiger partial charge in [-0.05, 0) is 46.1 Å². The van der Waals surface area contributed by atoms with Crippen molar-refractivity contribution in [1.82, 2.24) is 10.4 Å². The van der Waals surface area contributed by atoms with Crippen LogP contribution in [0.3, 0.4) is 0 Å². The molecular formula is C15H27N2O-. The Morgan fingerprint density at radius 1 is 1.22 bits per heavy atom. The minimum absolute atomic E-state index is 0.368. The van der Waals surface area contributed by atoms with E-state index >= 15 is 0 Å². The molecule has 0 aromatic heterocycles. The lowest BCUT2D eigenvalue weighted by atomic mass is 9.93. The molecule has 18 heavy (non-hydrogen) atoms. The summed E-state index contributed by atoms with van der Waals surface area (Å²) < 4.78 is 0. The van der Waals surface area contributed by atoms with Crippen LogP contribution in [0.1, 0.15) is 59.8 Å². The average Bonchev–Trinajstić information content (AvgIpc) is 2.48. The molecule has 1 N–H and O–H groups in total. The maximum absolute atomic E-state index is 12.2. The first-order chi connectivity index (χ1) is 8.34. The van der Waals surface area contributed by atoms with Crippen LogP contribution in [0.2, 0.25) is 0 Å². The third-order valence-electron chi connectivity index (χ3n) is 4.53. The van der Waals surface area contributed by atoms with Crippen molar-refractivity contribution in [3.63, 3.8) is 0 Å². The van der Waals surface area contributed by atoms with Gasteiger partial charge in [-0.15, -0.1) is 0 Å². The zero-order valence-electron chi connectivity index (χ0n) is 12.3. The molecule has 0 spiro atoms. The quantitative estimate of drug-likeness (QED) is 0.783. The molecule has 0 radical (unpaired) electrons. The molecule has 3 nitrogen and oxygen atoms in total. The molecule has 2 aliphatic rings. The maximum atomic E-state index is 12.2. The van der Waals surface area contributed by atoms with Crippen LogP contribution in [-0.4, -0.2) is 28.7 Å². The average molecular weight is 251 g/mol. The summed E-state index contributed by atoms with van der Waals surface area (Å²) in [5.41, 5.74) is 0.506. The Morgan fingerprint density at radius 3 is 2.33 bits per heavy atom. The highest BCUT2D eigenvalue weighted by atomic mass is 16.5. The Kier molecular flexibility index (Phi) is 3.86. The van der Waals surface area contributed by atoms with Crippen molar-refractivity contribution in [2.75, 3.05) is 6.54 Å². The summed E-state index contributed by atoms with van der Waals surface area (Å²) in [5.74, 6) is 0. The van der Waals surface area contributed by atoms with Crippen molar-refractivity contribution >= 4 is 0 Å². The van der Waals surface area contributed by atoms with Gasteiger partial charge in [-0.25, -0.2) is 0 Å². The van der Waals surface area contributed by atoms with E-state index in [0.717, 1.165) is 6.54 Å². The molecule has 1 fully saturated rings. The standard InChI is InChI=1S/C15H27N2O/c1-14(2)10-12(15(3,4)17(14)18)11-16-13-8-6-5-7-9-13/h10,13,16H,5-9,11H2,1-4H3/q-1. The van der Waals surface area contributed by atoms with E-state index in [1.54, 1.807) is 0 Å². The number of nitrogens with zero attached hydrogens (tertiary/aromatic N) is 1. The van der Waals surface area contributed by atoms with Crippen LogP contribution in [-0.2, 0) is 0 Å². The van der Waals surface area contributed by atoms with Crippen LogP contribution in [0.4, 0.5) is 0 Å². The lowest BCUT2D eigenvalue weighted by Gasteiger charge is -2.48. The van der Waals surface area contributed by atoms with E-state index < -0.39 is 0 Å². The third-order valence-corrected chi connectivity index (χ3v) is 4.53. The van der Waals surface area contributed by atoms with Gasteiger partial charge in [-0.1, -0.05) is 25.3 Å². The molecule has 104 valence electrons. The van der Waals surface area contributed by atoms with Gasteiger partial charge in [0.05, 0.1) is 0 Å². The van der Waals surface area contributed by atoms with Crippen molar-refractivity contribution in [2.45, 2.75) is 76.9 Å².